The highest BCUT2D eigenvalue weighted by atomic mass is 35.5. The monoisotopic (exact) mass is 331 g/mol. The maximum atomic E-state index is 11.4. The maximum Gasteiger partial charge on any atom is 0.323 e. The Labute approximate surface area is 133 Å². The van der Waals surface area contributed by atoms with Crippen molar-refractivity contribution < 1.29 is 19.0 Å². The highest BCUT2D eigenvalue weighted by molar-refractivity contribution is 7.98. The zero-order valence-electron chi connectivity index (χ0n) is 11.8. The van der Waals surface area contributed by atoms with Crippen LogP contribution in [0.1, 0.15) is 12.5 Å². The number of esters is 1. The first-order valence-corrected chi connectivity index (χ1v) is 8.23. The minimum absolute atomic E-state index is 0.342. The predicted molar refractivity (Wildman–Crippen MR) is 83.2 cm³/mol. The van der Waals surface area contributed by atoms with E-state index in [4.69, 9.17) is 31.5 Å². The molecule has 21 heavy (non-hydrogen) atoms. The summed E-state index contributed by atoms with van der Waals surface area (Å²) in [5.74, 6) is 2.07. The van der Waals surface area contributed by atoms with Crippen LogP contribution in [-0.4, -0.2) is 37.6 Å². The molecule has 0 aromatic heterocycles. The maximum absolute atomic E-state index is 11.4. The van der Waals surface area contributed by atoms with E-state index in [2.05, 4.69) is 0 Å². The molecule has 1 aliphatic heterocycles. The Hall–Kier alpha value is -1.11. The third-order valence-corrected chi connectivity index (χ3v) is 4.23. The first-order valence-electron chi connectivity index (χ1n) is 6.69. The Balaban J connectivity index is 1.89. The van der Waals surface area contributed by atoms with Crippen LogP contribution in [0, 0.1) is 0 Å². The van der Waals surface area contributed by atoms with Gasteiger partial charge in [0.25, 0.3) is 0 Å². The van der Waals surface area contributed by atoms with E-state index in [1.54, 1.807) is 18.7 Å². The average molecular weight is 332 g/mol. The van der Waals surface area contributed by atoms with Crippen LogP contribution in [0.2, 0.25) is 5.02 Å². The lowest BCUT2D eigenvalue weighted by atomic mass is 10.2. The van der Waals surface area contributed by atoms with Crippen LogP contribution in [-0.2, 0) is 15.3 Å². The SMILES string of the molecule is CCOC(=O)C(N)CSCc1cc(Cl)c2c(c1)OCCO2. The van der Waals surface area contributed by atoms with Crippen LogP contribution in [0.5, 0.6) is 11.5 Å². The van der Waals surface area contributed by atoms with Gasteiger partial charge in [0.1, 0.15) is 19.3 Å². The molecule has 0 saturated heterocycles. The van der Waals surface area contributed by atoms with E-state index >= 15 is 0 Å². The molecule has 7 heteroatoms. The van der Waals surface area contributed by atoms with Gasteiger partial charge in [-0.15, -0.1) is 0 Å². The molecule has 0 fully saturated rings. The molecule has 5 nitrogen and oxygen atoms in total. The van der Waals surface area contributed by atoms with E-state index in [1.807, 2.05) is 12.1 Å². The summed E-state index contributed by atoms with van der Waals surface area (Å²) in [5.41, 5.74) is 6.75. The van der Waals surface area contributed by atoms with Crippen LogP contribution in [0.3, 0.4) is 0 Å². The van der Waals surface area contributed by atoms with Crippen LogP contribution in [0.4, 0.5) is 0 Å². The number of thioether (sulfide) groups is 1. The van der Waals surface area contributed by atoms with E-state index < -0.39 is 6.04 Å². The van der Waals surface area contributed by atoms with Gasteiger partial charge >= 0.3 is 5.97 Å². The van der Waals surface area contributed by atoms with Crippen molar-refractivity contribution in [3.8, 4) is 11.5 Å². The topological polar surface area (TPSA) is 70.8 Å². The number of hydrogen-bond acceptors (Lipinski definition) is 6. The van der Waals surface area contributed by atoms with Gasteiger partial charge in [-0.25, -0.2) is 0 Å². The van der Waals surface area contributed by atoms with E-state index in [0.29, 0.717) is 47.8 Å². The summed E-state index contributed by atoms with van der Waals surface area (Å²) in [7, 11) is 0. The summed E-state index contributed by atoms with van der Waals surface area (Å²) in [6.07, 6.45) is 0. The van der Waals surface area contributed by atoms with Gasteiger partial charge in [-0.2, -0.15) is 11.8 Å². The predicted octanol–water partition coefficient (Wildman–Crippen LogP) is 2.23. The number of rotatable bonds is 6. The first-order chi connectivity index (χ1) is 10.1. The van der Waals surface area contributed by atoms with Crippen molar-refractivity contribution in [3.63, 3.8) is 0 Å². The molecular weight excluding hydrogens is 314 g/mol. The quantitative estimate of drug-likeness (QED) is 0.806. The molecule has 1 aromatic rings. The number of nitrogens with two attached hydrogens (primary N) is 1. The largest absolute Gasteiger partial charge is 0.486 e. The summed E-state index contributed by atoms with van der Waals surface area (Å²) in [6, 6.07) is 3.14. The molecule has 1 atom stereocenters. The second-order valence-electron chi connectivity index (χ2n) is 4.48. The molecule has 0 aliphatic carbocycles. The number of hydrogen-bond donors (Lipinski definition) is 1. The second kappa shape index (κ2) is 7.77. The highest BCUT2D eigenvalue weighted by Crippen LogP contribution is 2.39. The molecule has 116 valence electrons. The number of benzene rings is 1. The summed E-state index contributed by atoms with van der Waals surface area (Å²) in [5, 5.41) is 0.539. The lowest BCUT2D eigenvalue weighted by Crippen LogP contribution is -2.34. The van der Waals surface area contributed by atoms with Gasteiger partial charge < -0.3 is 19.9 Å². The molecule has 0 radical (unpaired) electrons. The van der Waals surface area contributed by atoms with Crippen molar-refractivity contribution in [3.05, 3.63) is 22.7 Å². The highest BCUT2D eigenvalue weighted by Gasteiger charge is 2.18. The zero-order chi connectivity index (χ0) is 15.2. The molecule has 0 bridgehead atoms. The Morgan fingerprint density at radius 1 is 1.48 bits per heavy atom. The van der Waals surface area contributed by atoms with Gasteiger partial charge in [-0.1, -0.05) is 11.6 Å². The van der Waals surface area contributed by atoms with Crippen molar-refractivity contribution in [1.82, 2.24) is 0 Å². The Bertz CT molecular complexity index is 512. The van der Waals surface area contributed by atoms with Crippen molar-refractivity contribution in [2.24, 2.45) is 5.73 Å². The van der Waals surface area contributed by atoms with Gasteiger partial charge in [0.05, 0.1) is 11.6 Å². The lowest BCUT2D eigenvalue weighted by Gasteiger charge is -2.20. The Kier molecular flexibility index (Phi) is 6.02. The summed E-state index contributed by atoms with van der Waals surface area (Å²) >= 11 is 7.71. The van der Waals surface area contributed by atoms with Crippen molar-refractivity contribution in [2.75, 3.05) is 25.6 Å². The Morgan fingerprint density at radius 2 is 2.24 bits per heavy atom. The van der Waals surface area contributed by atoms with Crippen LogP contribution in [0.15, 0.2) is 12.1 Å². The standard InChI is InChI=1S/C14H18ClNO4S/c1-2-18-14(17)11(16)8-21-7-9-5-10(15)13-12(6-9)19-3-4-20-13/h5-6,11H,2-4,7-8,16H2,1H3. The summed E-state index contributed by atoms with van der Waals surface area (Å²) in [4.78, 5) is 11.4. The van der Waals surface area contributed by atoms with E-state index in [0.717, 1.165) is 5.56 Å². The molecule has 1 aliphatic rings. The van der Waals surface area contributed by atoms with Crippen LogP contribution < -0.4 is 15.2 Å². The lowest BCUT2D eigenvalue weighted by molar-refractivity contribution is -0.144. The number of ether oxygens (including phenoxy) is 3. The first kappa shape index (κ1) is 16.3. The van der Waals surface area contributed by atoms with Crippen LogP contribution in [0.25, 0.3) is 0 Å². The fourth-order valence-corrected chi connectivity index (χ4v) is 3.07. The van der Waals surface area contributed by atoms with Crippen molar-refractivity contribution in [2.45, 2.75) is 18.7 Å². The molecule has 2 rings (SSSR count). The fourth-order valence-electron chi connectivity index (χ4n) is 1.87. The third kappa shape index (κ3) is 4.43. The average Bonchev–Trinajstić information content (AvgIpc) is 2.47. The minimum atomic E-state index is -0.609. The molecule has 1 heterocycles. The van der Waals surface area contributed by atoms with E-state index in [9.17, 15) is 4.79 Å². The third-order valence-electron chi connectivity index (χ3n) is 2.81. The molecular formula is C14H18ClNO4S. The molecule has 1 aromatic carbocycles. The minimum Gasteiger partial charge on any atom is -0.486 e. The Morgan fingerprint density at radius 3 is 3.00 bits per heavy atom. The van der Waals surface area contributed by atoms with Gasteiger partial charge in [0.2, 0.25) is 0 Å². The molecule has 0 amide bonds. The van der Waals surface area contributed by atoms with E-state index in [1.165, 1.54) is 0 Å². The number of fused-ring (bicyclic) bond motifs is 1. The summed E-state index contributed by atoms with van der Waals surface area (Å²) in [6.45, 7) is 3.13. The van der Waals surface area contributed by atoms with Crippen molar-refractivity contribution in [1.29, 1.82) is 0 Å². The molecule has 0 spiro atoms. The molecule has 0 saturated carbocycles. The summed E-state index contributed by atoms with van der Waals surface area (Å²) < 4.78 is 15.9. The zero-order valence-corrected chi connectivity index (χ0v) is 13.3. The number of halogens is 1. The molecule has 2 N–H and O–H groups in total. The second-order valence-corrected chi connectivity index (χ2v) is 5.91. The number of carbonyl (C=O) groups is 1. The molecule has 1 unspecified atom stereocenters. The van der Waals surface area contributed by atoms with Gasteiger partial charge in [0, 0.05) is 11.5 Å². The van der Waals surface area contributed by atoms with Gasteiger partial charge in [-0.05, 0) is 24.6 Å². The normalized spacial score (nSPS) is 14.6. The van der Waals surface area contributed by atoms with E-state index in [-0.39, 0.29) is 5.97 Å². The van der Waals surface area contributed by atoms with Crippen LogP contribution >= 0.6 is 23.4 Å². The number of carbonyl (C=O) groups excluding carboxylic acids is 1. The van der Waals surface area contributed by atoms with Crippen molar-refractivity contribution >= 4 is 29.3 Å². The van der Waals surface area contributed by atoms with Gasteiger partial charge in [-0.3, -0.25) is 4.79 Å². The fraction of sp³-hybridized carbons (Fsp3) is 0.500. The van der Waals surface area contributed by atoms with Gasteiger partial charge in [0.15, 0.2) is 11.5 Å². The smallest absolute Gasteiger partial charge is 0.323 e.